The molecule has 3 saturated carbocycles. The van der Waals surface area contributed by atoms with E-state index in [1.165, 1.54) is 17.1 Å². The van der Waals surface area contributed by atoms with Crippen LogP contribution in [0, 0.1) is 68.1 Å². The van der Waals surface area contributed by atoms with Crippen LogP contribution in [0.4, 0.5) is 0 Å². The zero-order valence-corrected chi connectivity index (χ0v) is 26.0. The van der Waals surface area contributed by atoms with Gasteiger partial charge in [0.1, 0.15) is 12.4 Å². The van der Waals surface area contributed by atoms with E-state index in [0.717, 1.165) is 37.7 Å². The third kappa shape index (κ3) is 3.43. The largest absolute Gasteiger partial charge is 0.307 e. The topological polar surface area (TPSA) is 97.2 Å². The highest BCUT2D eigenvalue weighted by molar-refractivity contribution is 6.03. The summed E-state index contributed by atoms with van der Waals surface area (Å²) in [6.07, 6.45) is 12.3. The van der Waals surface area contributed by atoms with Gasteiger partial charge in [-0.15, -0.1) is 0 Å². The molecule has 7 atom stereocenters. The van der Waals surface area contributed by atoms with E-state index < -0.39 is 16.2 Å². The van der Waals surface area contributed by atoms with Crippen molar-refractivity contribution in [3.8, 4) is 6.07 Å². The molecule has 0 N–H and O–H groups in total. The number of imidazole rings is 1. The zero-order valence-electron chi connectivity index (χ0n) is 26.0. The Balaban J connectivity index is 1.52. The van der Waals surface area contributed by atoms with E-state index in [-0.39, 0.29) is 62.9 Å². The van der Waals surface area contributed by atoms with Gasteiger partial charge in [-0.25, -0.2) is 9.83 Å². The number of Topliss-reactive ketones (excluding diaryl/α,β-unsaturated/α-hetero) is 1. The van der Waals surface area contributed by atoms with Crippen molar-refractivity contribution < 1.29 is 14.4 Å². The van der Waals surface area contributed by atoms with Crippen molar-refractivity contribution in [2.75, 3.05) is 0 Å². The van der Waals surface area contributed by atoms with Crippen molar-refractivity contribution >= 4 is 17.5 Å². The number of carbonyl (C=O) groups is 3. The van der Waals surface area contributed by atoms with Crippen LogP contribution in [0.2, 0.25) is 0 Å². The van der Waals surface area contributed by atoms with Crippen LogP contribution in [0.1, 0.15) is 104 Å². The molecule has 0 spiro atoms. The molecule has 1 heterocycles. The number of carbonyl (C=O) groups excluding carboxylic acids is 3. The fraction of sp³-hybridized carbons (Fsp3) is 0.657. The summed E-state index contributed by atoms with van der Waals surface area (Å²) in [5.41, 5.74) is -1.20. The molecule has 1 aromatic heterocycles. The minimum atomic E-state index is -0.693. The molecule has 0 saturated heterocycles. The van der Waals surface area contributed by atoms with Gasteiger partial charge in [0.25, 0.3) is 0 Å². The number of allylic oxidation sites excluding steroid dienone is 4. The Hall–Kier alpha value is -3.32. The predicted molar refractivity (Wildman–Crippen MR) is 157 cm³/mol. The summed E-state index contributed by atoms with van der Waals surface area (Å²) in [5, 5.41) is 9.36. The van der Waals surface area contributed by atoms with Crippen molar-refractivity contribution in [1.82, 2.24) is 9.55 Å². The number of nitriles is 1. The van der Waals surface area contributed by atoms with Gasteiger partial charge in [0.15, 0.2) is 17.3 Å². The summed E-state index contributed by atoms with van der Waals surface area (Å²) in [7, 11) is 0. The Kier molecular flexibility index (Phi) is 5.91. The molecule has 5 aliphatic rings. The maximum Gasteiger partial charge on any atom is 0.238 e. The van der Waals surface area contributed by atoms with E-state index in [1.54, 1.807) is 0 Å². The van der Waals surface area contributed by atoms with Gasteiger partial charge in [-0.1, -0.05) is 60.1 Å². The second-order valence-corrected chi connectivity index (χ2v) is 16.0. The molecule has 7 nitrogen and oxygen atoms in total. The number of ketones is 2. The molecule has 0 amide bonds. The quantitative estimate of drug-likeness (QED) is 0.342. The van der Waals surface area contributed by atoms with Gasteiger partial charge in [0, 0.05) is 22.9 Å². The fourth-order valence-electron chi connectivity index (χ4n) is 10.7. The Labute approximate surface area is 249 Å². The smallest absolute Gasteiger partial charge is 0.238 e. The maximum atomic E-state index is 14.6. The van der Waals surface area contributed by atoms with Gasteiger partial charge in [-0.2, -0.15) is 5.26 Å². The number of rotatable bonds is 1. The molecule has 6 rings (SSSR count). The normalized spacial score (nSPS) is 41.5. The average molecular weight is 567 g/mol. The summed E-state index contributed by atoms with van der Waals surface area (Å²) < 4.78 is 1.49. The molecule has 0 radical (unpaired) electrons. The van der Waals surface area contributed by atoms with Crippen LogP contribution in [-0.4, -0.2) is 27.0 Å². The first-order valence-corrected chi connectivity index (χ1v) is 15.4. The molecule has 42 heavy (non-hydrogen) atoms. The van der Waals surface area contributed by atoms with Gasteiger partial charge < -0.3 is 4.79 Å². The Morgan fingerprint density at radius 3 is 2.40 bits per heavy atom. The van der Waals surface area contributed by atoms with Crippen molar-refractivity contribution in [2.45, 2.75) is 93.4 Å². The molecule has 1 aromatic rings. The van der Waals surface area contributed by atoms with Crippen LogP contribution >= 0.6 is 0 Å². The number of nitrogens with zero attached hydrogens (tertiary/aromatic N) is 4. The average Bonchev–Trinajstić information content (AvgIpc) is 3.41. The highest BCUT2D eigenvalue weighted by Gasteiger charge is 2.70. The summed E-state index contributed by atoms with van der Waals surface area (Å²) in [5.74, 6) is -0.498. The molecule has 220 valence electrons. The van der Waals surface area contributed by atoms with E-state index in [2.05, 4.69) is 44.4 Å². The van der Waals surface area contributed by atoms with Crippen molar-refractivity contribution in [1.29, 1.82) is 5.26 Å². The number of aromatic nitrogens is 2. The first kappa shape index (κ1) is 28.8. The van der Waals surface area contributed by atoms with Gasteiger partial charge >= 0.3 is 0 Å². The second-order valence-electron chi connectivity index (χ2n) is 16.0. The SMILES string of the molecule is [C-]#[N+]C1=CC2(C)C3=CC(=O)C4C5CC(C)(C)CCC5(C(=O)n5cnc(C#N)c5)CCC4(C)C3(C)CCC2C(C)(C)C1=O. The summed E-state index contributed by atoms with van der Waals surface area (Å²) in [6.45, 7) is 22.9. The third-order valence-electron chi connectivity index (χ3n) is 13.2. The molecule has 0 bridgehead atoms. The summed E-state index contributed by atoms with van der Waals surface area (Å²) in [4.78, 5) is 50.1. The van der Waals surface area contributed by atoms with E-state index >= 15 is 0 Å². The van der Waals surface area contributed by atoms with Crippen molar-refractivity contribution in [3.05, 3.63) is 53.1 Å². The summed E-state index contributed by atoms with van der Waals surface area (Å²) in [6, 6.07) is 2.03. The maximum absolute atomic E-state index is 14.6. The highest BCUT2D eigenvalue weighted by Crippen LogP contribution is 2.74. The van der Waals surface area contributed by atoms with E-state index in [9.17, 15) is 19.6 Å². The minimum Gasteiger partial charge on any atom is -0.307 e. The molecule has 3 fully saturated rings. The van der Waals surface area contributed by atoms with Crippen molar-refractivity contribution in [2.24, 2.45) is 50.2 Å². The lowest BCUT2D eigenvalue weighted by atomic mass is 9.34. The van der Waals surface area contributed by atoms with Crippen LogP contribution in [0.25, 0.3) is 4.85 Å². The number of hydrogen-bond donors (Lipinski definition) is 0. The Morgan fingerprint density at radius 2 is 1.76 bits per heavy atom. The Morgan fingerprint density at radius 1 is 1.07 bits per heavy atom. The summed E-state index contributed by atoms with van der Waals surface area (Å²) >= 11 is 0. The van der Waals surface area contributed by atoms with Crippen LogP contribution in [0.3, 0.4) is 0 Å². The molecular formula is C35H42N4O3. The second kappa shape index (κ2) is 8.62. The van der Waals surface area contributed by atoms with Crippen LogP contribution in [-0.2, 0) is 9.59 Å². The lowest BCUT2D eigenvalue weighted by molar-refractivity contribution is -0.164. The molecular weight excluding hydrogens is 524 g/mol. The number of fused-ring (bicyclic) bond motifs is 7. The third-order valence-corrected chi connectivity index (χ3v) is 13.2. The minimum absolute atomic E-state index is 0.00344. The van der Waals surface area contributed by atoms with Crippen LogP contribution < -0.4 is 0 Å². The van der Waals surface area contributed by atoms with Gasteiger partial charge in [-0.05, 0) is 79.1 Å². The monoisotopic (exact) mass is 566 g/mol. The van der Waals surface area contributed by atoms with Gasteiger partial charge in [0.2, 0.25) is 11.6 Å². The molecule has 0 aliphatic heterocycles. The molecule has 7 heteroatoms. The van der Waals surface area contributed by atoms with Crippen LogP contribution in [0.5, 0.6) is 0 Å². The van der Waals surface area contributed by atoms with Gasteiger partial charge in [0.05, 0.1) is 12.0 Å². The zero-order chi connectivity index (χ0) is 30.7. The lowest BCUT2D eigenvalue weighted by Crippen LogP contribution is -2.66. The standard InChI is InChI=1S/C35H42N4O3/c1-30(2)11-13-35(29(42)39-19-21(18-36)38-20-39)14-12-34(7)27(22(35)16-30)24(40)15-26-32(5)17-23(37-8)28(41)31(3,4)25(32)9-10-33(26,34)6/h15,17,19-20,22,25,27H,9-14,16H2,1-7H3. The molecule has 7 unspecified atom stereocenters. The highest BCUT2D eigenvalue weighted by atomic mass is 16.2. The Bertz CT molecular complexity index is 1580. The van der Waals surface area contributed by atoms with Crippen molar-refractivity contribution in [3.63, 3.8) is 0 Å². The first-order valence-electron chi connectivity index (χ1n) is 15.4. The van der Waals surface area contributed by atoms with E-state index in [4.69, 9.17) is 6.57 Å². The fourth-order valence-corrected chi connectivity index (χ4v) is 10.7. The van der Waals surface area contributed by atoms with E-state index in [0.29, 0.717) is 12.8 Å². The first-order chi connectivity index (χ1) is 19.5. The number of hydrogen-bond acceptors (Lipinski definition) is 5. The van der Waals surface area contributed by atoms with Crippen LogP contribution in [0.15, 0.2) is 35.9 Å². The molecule has 0 aromatic carbocycles. The van der Waals surface area contributed by atoms with Gasteiger partial charge in [-0.3, -0.25) is 14.2 Å². The molecule has 5 aliphatic carbocycles. The lowest BCUT2D eigenvalue weighted by Gasteiger charge is -2.69. The van der Waals surface area contributed by atoms with E-state index in [1.807, 2.05) is 32.1 Å². The predicted octanol–water partition coefficient (Wildman–Crippen LogP) is 6.97.